The Hall–Kier alpha value is -0.690. The third-order valence-corrected chi connectivity index (χ3v) is 2.83. The lowest BCUT2D eigenvalue weighted by Gasteiger charge is -2.14. The van der Waals surface area contributed by atoms with E-state index in [1.54, 1.807) is 6.92 Å². The van der Waals surface area contributed by atoms with Crippen molar-refractivity contribution in [2.24, 2.45) is 0 Å². The summed E-state index contributed by atoms with van der Waals surface area (Å²) in [5, 5.41) is 12.6. The van der Waals surface area contributed by atoms with Crippen molar-refractivity contribution >= 4 is 5.97 Å². The summed E-state index contributed by atoms with van der Waals surface area (Å²) in [4.78, 5) is 11.0. The molecule has 0 bridgehead atoms. The van der Waals surface area contributed by atoms with Gasteiger partial charge in [-0.3, -0.25) is 4.79 Å². The molecule has 19 heavy (non-hydrogen) atoms. The Balaban J connectivity index is 1.89. The molecule has 2 unspecified atom stereocenters. The molecule has 0 amide bonds. The molecule has 1 rings (SSSR count). The second kappa shape index (κ2) is 10.1. The Kier molecular flexibility index (Phi) is 8.73. The number of carbonyl (C=O) groups is 1. The molecule has 0 aromatic heterocycles. The molecule has 0 aliphatic carbocycles. The number of aliphatic hydroxyl groups is 1. The van der Waals surface area contributed by atoms with E-state index in [1.807, 2.05) is 0 Å². The molecule has 1 saturated heterocycles. The normalized spacial score (nSPS) is 20.4. The monoisotopic (exact) mass is 275 g/mol. The highest BCUT2D eigenvalue weighted by atomic mass is 16.5. The van der Waals surface area contributed by atoms with E-state index in [9.17, 15) is 9.90 Å². The molecule has 2 atom stereocenters. The number of ether oxygens (including phenoxy) is 3. The van der Waals surface area contributed by atoms with Crippen molar-refractivity contribution in [2.45, 2.75) is 38.4 Å². The van der Waals surface area contributed by atoms with Gasteiger partial charge in [-0.25, -0.2) is 0 Å². The van der Waals surface area contributed by atoms with Gasteiger partial charge >= 0.3 is 5.97 Å². The van der Waals surface area contributed by atoms with Gasteiger partial charge in [0, 0.05) is 19.7 Å². The van der Waals surface area contributed by atoms with Crippen molar-refractivity contribution in [3.05, 3.63) is 0 Å². The molecule has 0 aromatic rings. The zero-order chi connectivity index (χ0) is 13.9. The van der Waals surface area contributed by atoms with Crippen LogP contribution >= 0.6 is 0 Å². The standard InChI is InChI=1S/C13H25NO5/c1-2-18-13(16)5-6-14-8-11(15)9-17-10-12-4-3-7-19-12/h11-12,14-15H,2-10H2,1H3. The first kappa shape index (κ1) is 16.4. The van der Waals surface area contributed by atoms with Crippen LogP contribution in [-0.4, -0.2) is 62.8 Å². The van der Waals surface area contributed by atoms with E-state index in [0.717, 1.165) is 19.4 Å². The zero-order valence-electron chi connectivity index (χ0n) is 11.6. The maximum absolute atomic E-state index is 11.0. The highest BCUT2D eigenvalue weighted by Gasteiger charge is 2.16. The van der Waals surface area contributed by atoms with E-state index >= 15 is 0 Å². The minimum absolute atomic E-state index is 0.184. The molecule has 0 aromatic carbocycles. The number of nitrogens with one attached hydrogen (secondary N) is 1. The molecule has 6 heteroatoms. The second-order valence-corrected chi connectivity index (χ2v) is 4.59. The molecule has 0 saturated carbocycles. The van der Waals surface area contributed by atoms with Crippen LogP contribution in [0.5, 0.6) is 0 Å². The van der Waals surface area contributed by atoms with Gasteiger partial charge in [0.2, 0.25) is 0 Å². The molecular formula is C13H25NO5. The van der Waals surface area contributed by atoms with Crippen LogP contribution in [0.1, 0.15) is 26.2 Å². The average molecular weight is 275 g/mol. The fraction of sp³-hybridized carbons (Fsp3) is 0.923. The first-order chi connectivity index (χ1) is 9.22. The summed E-state index contributed by atoms with van der Waals surface area (Å²) in [5.41, 5.74) is 0. The Morgan fingerprint density at radius 3 is 3.11 bits per heavy atom. The minimum Gasteiger partial charge on any atom is -0.466 e. The fourth-order valence-electron chi connectivity index (χ4n) is 1.86. The van der Waals surface area contributed by atoms with Crippen molar-refractivity contribution in [2.75, 3.05) is 39.5 Å². The van der Waals surface area contributed by atoms with E-state index in [1.165, 1.54) is 0 Å². The van der Waals surface area contributed by atoms with Crippen molar-refractivity contribution in [1.29, 1.82) is 0 Å². The number of hydrogen-bond donors (Lipinski definition) is 2. The Morgan fingerprint density at radius 1 is 1.58 bits per heavy atom. The van der Waals surface area contributed by atoms with Gasteiger partial charge in [-0.05, 0) is 19.8 Å². The van der Waals surface area contributed by atoms with Crippen LogP contribution in [0.25, 0.3) is 0 Å². The molecule has 0 radical (unpaired) electrons. The van der Waals surface area contributed by atoms with Crippen LogP contribution in [0.2, 0.25) is 0 Å². The van der Waals surface area contributed by atoms with Crippen molar-refractivity contribution in [3.8, 4) is 0 Å². The van der Waals surface area contributed by atoms with Gasteiger partial charge in [0.15, 0.2) is 0 Å². The van der Waals surface area contributed by atoms with Gasteiger partial charge in [0.1, 0.15) is 0 Å². The lowest BCUT2D eigenvalue weighted by Crippen LogP contribution is -2.32. The number of rotatable bonds is 10. The summed E-state index contributed by atoms with van der Waals surface area (Å²) in [5.74, 6) is -0.223. The number of aliphatic hydroxyl groups excluding tert-OH is 1. The Bertz CT molecular complexity index is 243. The van der Waals surface area contributed by atoms with Crippen LogP contribution in [0.3, 0.4) is 0 Å². The predicted molar refractivity (Wildman–Crippen MR) is 69.9 cm³/mol. The van der Waals surface area contributed by atoms with Crippen LogP contribution in [-0.2, 0) is 19.0 Å². The minimum atomic E-state index is -0.566. The average Bonchev–Trinajstić information content (AvgIpc) is 2.88. The zero-order valence-corrected chi connectivity index (χ0v) is 11.6. The molecule has 1 aliphatic heterocycles. The van der Waals surface area contributed by atoms with Gasteiger partial charge in [0.25, 0.3) is 0 Å². The molecule has 1 heterocycles. The number of esters is 1. The van der Waals surface area contributed by atoms with E-state index in [4.69, 9.17) is 14.2 Å². The van der Waals surface area contributed by atoms with E-state index < -0.39 is 6.10 Å². The summed E-state index contributed by atoms with van der Waals surface area (Å²) >= 11 is 0. The molecular weight excluding hydrogens is 250 g/mol. The molecule has 1 fully saturated rings. The van der Waals surface area contributed by atoms with Gasteiger partial charge < -0.3 is 24.6 Å². The smallest absolute Gasteiger partial charge is 0.307 e. The SMILES string of the molecule is CCOC(=O)CCNCC(O)COCC1CCCO1. The van der Waals surface area contributed by atoms with Crippen LogP contribution in [0, 0.1) is 0 Å². The summed E-state index contributed by atoms with van der Waals surface area (Å²) in [7, 11) is 0. The number of carbonyl (C=O) groups excluding carboxylic acids is 1. The van der Waals surface area contributed by atoms with E-state index in [-0.39, 0.29) is 18.7 Å². The lowest BCUT2D eigenvalue weighted by atomic mass is 10.2. The Morgan fingerprint density at radius 2 is 2.42 bits per heavy atom. The van der Waals surface area contributed by atoms with Crippen LogP contribution < -0.4 is 5.32 Å². The lowest BCUT2D eigenvalue weighted by molar-refractivity contribution is -0.143. The third-order valence-electron chi connectivity index (χ3n) is 2.83. The first-order valence-corrected chi connectivity index (χ1v) is 6.96. The highest BCUT2D eigenvalue weighted by molar-refractivity contribution is 5.69. The van der Waals surface area contributed by atoms with E-state index in [2.05, 4.69) is 5.32 Å². The van der Waals surface area contributed by atoms with Crippen molar-refractivity contribution < 1.29 is 24.1 Å². The maximum atomic E-state index is 11.0. The fourth-order valence-corrected chi connectivity index (χ4v) is 1.86. The van der Waals surface area contributed by atoms with Crippen molar-refractivity contribution in [1.82, 2.24) is 5.32 Å². The molecule has 1 aliphatic rings. The predicted octanol–water partition coefficient (Wildman–Crippen LogP) is 0.0857. The number of hydrogen-bond acceptors (Lipinski definition) is 6. The van der Waals surface area contributed by atoms with Gasteiger partial charge in [-0.1, -0.05) is 0 Å². The largest absolute Gasteiger partial charge is 0.466 e. The molecule has 0 spiro atoms. The third kappa shape index (κ3) is 8.15. The topological polar surface area (TPSA) is 77.0 Å². The van der Waals surface area contributed by atoms with Crippen LogP contribution in [0.15, 0.2) is 0 Å². The maximum Gasteiger partial charge on any atom is 0.307 e. The van der Waals surface area contributed by atoms with E-state index in [0.29, 0.717) is 32.7 Å². The highest BCUT2D eigenvalue weighted by Crippen LogP contribution is 2.11. The van der Waals surface area contributed by atoms with Gasteiger partial charge in [-0.15, -0.1) is 0 Å². The summed E-state index contributed by atoms with van der Waals surface area (Å²) < 4.78 is 15.6. The molecule has 2 N–H and O–H groups in total. The molecule has 112 valence electrons. The quantitative estimate of drug-likeness (QED) is 0.434. The summed E-state index contributed by atoms with van der Waals surface area (Å²) in [6, 6.07) is 0. The van der Waals surface area contributed by atoms with Crippen molar-refractivity contribution in [3.63, 3.8) is 0 Å². The van der Waals surface area contributed by atoms with Crippen LogP contribution in [0.4, 0.5) is 0 Å². The molecule has 6 nitrogen and oxygen atoms in total. The summed E-state index contributed by atoms with van der Waals surface area (Å²) in [6.07, 6.45) is 2.06. The van der Waals surface area contributed by atoms with Gasteiger partial charge in [-0.2, -0.15) is 0 Å². The Labute approximate surface area is 114 Å². The van der Waals surface area contributed by atoms with Gasteiger partial charge in [0.05, 0.1) is 38.4 Å². The first-order valence-electron chi connectivity index (χ1n) is 6.96. The summed E-state index contributed by atoms with van der Waals surface area (Å²) in [6.45, 7) is 4.73. The second-order valence-electron chi connectivity index (χ2n) is 4.59.